The molecule has 0 aliphatic carbocycles. The van der Waals surface area contributed by atoms with Gasteiger partial charge in [-0.1, -0.05) is 11.6 Å². The first-order valence-corrected chi connectivity index (χ1v) is 14.8. The van der Waals surface area contributed by atoms with Gasteiger partial charge in [-0.3, -0.25) is 19.3 Å². The third kappa shape index (κ3) is 6.87. The van der Waals surface area contributed by atoms with Gasteiger partial charge in [-0.2, -0.15) is 17.7 Å². The van der Waals surface area contributed by atoms with Gasteiger partial charge in [-0.15, -0.1) is 35.3 Å². The molecule has 40 heavy (non-hydrogen) atoms. The van der Waals surface area contributed by atoms with Crippen LogP contribution in [-0.2, 0) is 31.9 Å². The first-order chi connectivity index (χ1) is 18.8. The fourth-order valence-corrected chi connectivity index (χ4v) is 7.38. The van der Waals surface area contributed by atoms with Crippen LogP contribution in [0.1, 0.15) is 5.56 Å². The molecule has 0 unspecified atom stereocenters. The van der Waals surface area contributed by atoms with E-state index in [1.54, 1.807) is 29.1 Å². The molecule has 3 amide bonds. The smallest absolute Gasteiger partial charge is 0.416 e. The Hall–Kier alpha value is -2.88. The molecule has 2 atom stereocenters. The van der Waals surface area contributed by atoms with Crippen molar-refractivity contribution in [3.05, 3.63) is 64.6 Å². The van der Waals surface area contributed by atoms with E-state index in [2.05, 4.69) is 5.32 Å². The van der Waals surface area contributed by atoms with E-state index in [1.807, 2.05) is 0 Å². The topological polar surface area (TPSA) is 134 Å². The van der Waals surface area contributed by atoms with Crippen LogP contribution in [0.15, 0.2) is 63.8 Å². The summed E-state index contributed by atoms with van der Waals surface area (Å²) >= 11 is 9.45. The van der Waals surface area contributed by atoms with Gasteiger partial charge in [-0.05, 0) is 23.8 Å². The number of carboxylic acids is 1. The molecule has 212 valence electrons. The van der Waals surface area contributed by atoms with Crippen LogP contribution in [0.5, 0.6) is 0 Å². The van der Waals surface area contributed by atoms with Crippen molar-refractivity contribution < 1.29 is 42.0 Å². The van der Waals surface area contributed by atoms with Gasteiger partial charge in [-0.25, -0.2) is 4.79 Å². The maximum absolute atomic E-state index is 13.0. The Bertz CT molecular complexity index is 1390. The van der Waals surface area contributed by atoms with Crippen LogP contribution < -0.4 is 15.6 Å². The van der Waals surface area contributed by atoms with Gasteiger partial charge in [0.1, 0.15) is 17.1 Å². The molecule has 0 bridgehead atoms. The maximum Gasteiger partial charge on any atom is 0.416 e. The summed E-state index contributed by atoms with van der Waals surface area (Å²) in [6.45, 7) is 0.0315. The molecule has 3 heterocycles. The van der Waals surface area contributed by atoms with E-state index in [9.17, 15) is 37.5 Å². The predicted molar refractivity (Wildman–Crippen MR) is 143 cm³/mol. The van der Waals surface area contributed by atoms with Crippen molar-refractivity contribution >= 4 is 70.6 Å². The molecule has 0 saturated carbocycles. The first kappa shape index (κ1) is 30.1. The number of carboxylic acid groups (broad SMARTS) is 1. The van der Waals surface area contributed by atoms with E-state index >= 15 is 0 Å². The van der Waals surface area contributed by atoms with Crippen LogP contribution in [0, 0.1) is 0 Å². The Morgan fingerprint density at radius 1 is 1.20 bits per heavy atom. The first-order valence-electron chi connectivity index (χ1n) is 11.4. The van der Waals surface area contributed by atoms with Crippen LogP contribution in [0.25, 0.3) is 0 Å². The quantitative estimate of drug-likeness (QED) is 0.207. The highest BCUT2D eigenvalue weighted by atomic mass is 35.5. The number of amides is 3. The Balaban J connectivity index is 1.36. The summed E-state index contributed by atoms with van der Waals surface area (Å²) in [6, 6.07) is 5.36. The zero-order valence-electron chi connectivity index (χ0n) is 20.3. The van der Waals surface area contributed by atoms with Crippen molar-refractivity contribution in [1.29, 1.82) is 0 Å². The lowest BCUT2D eigenvalue weighted by molar-refractivity contribution is -0.684. The summed E-state index contributed by atoms with van der Waals surface area (Å²) in [5.41, 5.74) is 4.69. The SMILES string of the molecule is NC(=O)C[n+]1ccc(SCC2=C(C(=O)O)N3C(=O)[C@H](NC(=O)CSc4cc(C(F)(F)F)ccc4Cl)[C@H]3SC2)cc1. The van der Waals surface area contributed by atoms with E-state index in [-0.39, 0.29) is 27.9 Å². The number of hydrogen-bond acceptors (Lipinski definition) is 7. The highest BCUT2D eigenvalue weighted by Gasteiger charge is 2.54. The Morgan fingerprint density at radius 2 is 1.90 bits per heavy atom. The van der Waals surface area contributed by atoms with E-state index in [0.29, 0.717) is 17.1 Å². The number of nitrogens with zero attached hydrogens (tertiary/aromatic N) is 2. The van der Waals surface area contributed by atoms with Crippen molar-refractivity contribution in [3.63, 3.8) is 0 Å². The van der Waals surface area contributed by atoms with Crippen LogP contribution >= 0.6 is 46.9 Å². The van der Waals surface area contributed by atoms with Gasteiger partial charge in [0, 0.05) is 33.4 Å². The summed E-state index contributed by atoms with van der Waals surface area (Å²) in [4.78, 5) is 50.6. The number of benzene rings is 1. The second kappa shape index (κ2) is 12.3. The molecule has 2 aromatic rings. The second-order valence-electron chi connectivity index (χ2n) is 8.61. The molecular formula is C24H21ClF3N4O5S3+. The number of carbonyl (C=O) groups is 4. The third-order valence-electron chi connectivity index (χ3n) is 5.80. The lowest BCUT2D eigenvalue weighted by Gasteiger charge is -2.49. The number of thioether (sulfide) groups is 3. The molecule has 4 N–H and O–H groups in total. The molecule has 2 aliphatic heterocycles. The number of nitrogens with one attached hydrogen (secondary N) is 1. The lowest BCUT2D eigenvalue weighted by Crippen LogP contribution is -2.70. The van der Waals surface area contributed by atoms with E-state index in [0.717, 1.165) is 39.8 Å². The number of primary amides is 1. The van der Waals surface area contributed by atoms with Crippen molar-refractivity contribution in [2.45, 2.75) is 33.9 Å². The summed E-state index contributed by atoms with van der Waals surface area (Å²) in [5, 5.41) is 11.8. The van der Waals surface area contributed by atoms with E-state index in [1.165, 1.54) is 23.5 Å². The standard InChI is InChI=1S/C24H20ClF3N4O5S3/c25-15-2-1-13(24(26,27)28)7-16(15)39-11-18(34)30-19-21(35)32-20(23(36)37)12(10-40-22(19)32)9-38-14-3-5-31(6-4-14)8-17(29)33/h1-7,19,22H,8-11H2,(H3-,29,30,33,34,36,37)/p+1/t19-,22+/m0/s1. The largest absolute Gasteiger partial charge is 0.477 e. The van der Waals surface area contributed by atoms with Crippen molar-refractivity contribution in [3.8, 4) is 0 Å². The zero-order chi connectivity index (χ0) is 29.2. The van der Waals surface area contributed by atoms with Crippen LogP contribution in [-0.4, -0.2) is 62.4 Å². The van der Waals surface area contributed by atoms with Crippen LogP contribution in [0.2, 0.25) is 5.02 Å². The van der Waals surface area contributed by atoms with Crippen LogP contribution in [0.4, 0.5) is 13.2 Å². The van der Waals surface area contributed by atoms with Gasteiger partial charge in [0.25, 0.3) is 11.8 Å². The number of alkyl halides is 3. The number of β-lactam (4-membered cyclic amide) rings is 1. The van der Waals surface area contributed by atoms with Crippen molar-refractivity contribution in [1.82, 2.24) is 10.2 Å². The monoisotopic (exact) mass is 633 g/mol. The average molecular weight is 634 g/mol. The highest BCUT2D eigenvalue weighted by molar-refractivity contribution is 8.01. The number of hydrogen-bond donors (Lipinski definition) is 3. The molecule has 1 saturated heterocycles. The number of nitrogens with two attached hydrogens (primary N) is 1. The number of carbonyl (C=O) groups excluding carboxylic acids is 3. The summed E-state index contributed by atoms with van der Waals surface area (Å²) < 4.78 is 40.6. The summed E-state index contributed by atoms with van der Waals surface area (Å²) in [5.74, 6) is -2.60. The normalized spacial score (nSPS) is 18.7. The number of aromatic nitrogens is 1. The van der Waals surface area contributed by atoms with Gasteiger partial charge in [0.15, 0.2) is 12.4 Å². The third-order valence-corrected chi connectivity index (χ3v) is 9.73. The number of pyridine rings is 1. The minimum Gasteiger partial charge on any atom is -0.477 e. The molecule has 0 radical (unpaired) electrons. The maximum atomic E-state index is 13.0. The fourth-order valence-electron chi connectivity index (χ4n) is 3.94. The predicted octanol–water partition coefficient (Wildman–Crippen LogP) is 2.75. The highest BCUT2D eigenvalue weighted by Crippen LogP contribution is 2.42. The van der Waals surface area contributed by atoms with E-state index < -0.39 is 46.8 Å². The van der Waals surface area contributed by atoms with Crippen molar-refractivity contribution in [2.24, 2.45) is 5.73 Å². The molecule has 1 aromatic carbocycles. The Kier molecular flexibility index (Phi) is 9.27. The second-order valence-corrected chi connectivity index (χ2v) is 12.2. The average Bonchev–Trinajstić information content (AvgIpc) is 2.89. The minimum atomic E-state index is -4.56. The Labute approximate surface area is 243 Å². The van der Waals surface area contributed by atoms with Gasteiger partial charge in [0.2, 0.25) is 12.5 Å². The van der Waals surface area contributed by atoms with Crippen LogP contribution in [0.3, 0.4) is 0 Å². The number of aliphatic carboxylic acids is 1. The summed E-state index contributed by atoms with van der Waals surface area (Å²) in [6.07, 6.45) is -1.21. The van der Waals surface area contributed by atoms with Gasteiger partial charge >= 0.3 is 12.1 Å². The number of rotatable bonds is 10. The lowest BCUT2D eigenvalue weighted by atomic mass is 10.0. The molecule has 0 spiro atoms. The zero-order valence-corrected chi connectivity index (χ0v) is 23.5. The molecule has 4 rings (SSSR count). The van der Waals surface area contributed by atoms with Gasteiger partial charge in [0.05, 0.1) is 16.3 Å². The van der Waals surface area contributed by atoms with Gasteiger partial charge < -0.3 is 16.2 Å². The minimum absolute atomic E-state index is 0.0315. The number of halogens is 4. The Morgan fingerprint density at radius 3 is 2.52 bits per heavy atom. The fraction of sp³-hybridized carbons (Fsp3) is 0.292. The van der Waals surface area contributed by atoms with Crippen molar-refractivity contribution in [2.75, 3.05) is 17.3 Å². The number of fused-ring (bicyclic) bond motifs is 1. The summed E-state index contributed by atoms with van der Waals surface area (Å²) in [7, 11) is 0. The molecule has 9 nitrogen and oxygen atoms in total. The molecule has 2 aliphatic rings. The molecule has 1 fully saturated rings. The molecular weight excluding hydrogens is 613 g/mol. The molecule has 1 aromatic heterocycles. The molecule has 16 heteroatoms. The van der Waals surface area contributed by atoms with E-state index in [4.69, 9.17) is 17.3 Å².